The Balaban J connectivity index is 1.97. The molecule has 1 atom stereocenters. The first-order chi connectivity index (χ1) is 15.0. The van der Waals surface area contributed by atoms with Crippen molar-refractivity contribution in [2.24, 2.45) is 0 Å². The number of rotatable bonds is 10. The molecule has 0 bridgehead atoms. The number of hydrogen-bond acceptors (Lipinski definition) is 7. The van der Waals surface area contributed by atoms with E-state index in [0.717, 1.165) is 25.1 Å². The topological polar surface area (TPSA) is 123 Å². The monoisotopic (exact) mass is 420 g/mol. The van der Waals surface area contributed by atoms with Crippen molar-refractivity contribution >= 4 is 23.4 Å². The van der Waals surface area contributed by atoms with Crippen LogP contribution in [0.3, 0.4) is 0 Å². The SMILES string of the molecule is CCCNc1nc(Nc2ccc(C#N)cc2)ncc1C#CCCCNC(=O)C[C@@H](C)O. The Kier molecular flexibility index (Phi) is 9.80. The Morgan fingerprint density at radius 2 is 2.03 bits per heavy atom. The molecule has 0 aliphatic carbocycles. The lowest BCUT2D eigenvalue weighted by molar-refractivity contribution is -0.122. The molecule has 0 radical (unpaired) electrons. The number of unbranched alkanes of at least 4 members (excludes halogenated alkanes) is 1. The average Bonchev–Trinajstić information content (AvgIpc) is 2.75. The van der Waals surface area contributed by atoms with E-state index in [2.05, 4.69) is 50.8 Å². The van der Waals surface area contributed by atoms with E-state index in [1.165, 1.54) is 0 Å². The van der Waals surface area contributed by atoms with Crippen molar-refractivity contribution in [3.05, 3.63) is 41.6 Å². The normalized spacial score (nSPS) is 10.9. The van der Waals surface area contributed by atoms with Gasteiger partial charge in [0.1, 0.15) is 5.82 Å². The van der Waals surface area contributed by atoms with Gasteiger partial charge in [0, 0.05) is 25.2 Å². The van der Waals surface area contributed by atoms with Crippen LogP contribution in [-0.4, -0.2) is 40.2 Å². The van der Waals surface area contributed by atoms with Crippen molar-refractivity contribution in [2.75, 3.05) is 23.7 Å². The average molecular weight is 421 g/mol. The van der Waals surface area contributed by atoms with Gasteiger partial charge >= 0.3 is 0 Å². The number of aliphatic hydroxyl groups is 1. The van der Waals surface area contributed by atoms with Crippen LogP contribution in [0.15, 0.2) is 30.5 Å². The van der Waals surface area contributed by atoms with E-state index < -0.39 is 6.10 Å². The molecule has 162 valence electrons. The van der Waals surface area contributed by atoms with Crippen molar-refractivity contribution in [2.45, 2.75) is 45.6 Å². The third-order valence-corrected chi connectivity index (χ3v) is 4.11. The number of aliphatic hydroxyl groups excluding tert-OH is 1. The molecule has 0 aliphatic heterocycles. The molecule has 0 aliphatic rings. The molecule has 2 aromatic rings. The third kappa shape index (κ3) is 8.73. The first-order valence-corrected chi connectivity index (χ1v) is 10.3. The van der Waals surface area contributed by atoms with Crippen LogP contribution in [0.1, 0.15) is 50.7 Å². The van der Waals surface area contributed by atoms with Gasteiger partial charge in [0.25, 0.3) is 0 Å². The molecule has 1 aromatic carbocycles. The van der Waals surface area contributed by atoms with E-state index in [-0.39, 0.29) is 12.3 Å². The van der Waals surface area contributed by atoms with Crippen LogP contribution >= 0.6 is 0 Å². The van der Waals surface area contributed by atoms with Gasteiger partial charge in [0.05, 0.1) is 35.9 Å². The summed E-state index contributed by atoms with van der Waals surface area (Å²) in [6.07, 6.45) is 3.43. The number of anilines is 3. The molecule has 0 saturated carbocycles. The molecule has 8 nitrogen and oxygen atoms in total. The van der Waals surface area contributed by atoms with Gasteiger partial charge in [-0.15, -0.1) is 0 Å². The number of amides is 1. The van der Waals surface area contributed by atoms with Crippen LogP contribution in [0.2, 0.25) is 0 Å². The van der Waals surface area contributed by atoms with E-state index in [1.54, 1.807) is 37.4 Å². The molecule has 1 heterocycles. The van der Waals surface area contributed by atoms with Gasteiger partial charge in [-0.25, -0.2) is 4.98 Å². The lowest BCUT2D eigenvalue weighted by Crippen LogP contribution is -2.27. The van der Waals surface area contributed by atoms with Crippen LogP contribution in [0.25, 0.3) is 0 Å². The van der Waals surface area contributed by atoms with E-state index >= 15 is 0 Å². The van der Waals surface area contributed by atoms with Crippen molar-refractivity contribution < 1.29 is 9.90 Å². The van der Waals surface area contributed by atoms with Crippen molar-refractivity contribution in [3.63, 3.8) is 0 Å². The number of carbonyl (C=O) groups excluding carboxylic acids is 1. The highest BCUT2D eigenvalue weighted by atomic mass is 16.3. The number of benzene rings is 1. The van der Waals surface area contributed by atoms with Gasteiger partial charge in [0.2, 0.25) is 11.9 Å². The molecule has 4 N–H and O–H groups in total. The molecule has 8 heteroatoms. The summed E-state index contributed by atoms with van der Waals surface area (Å²) in [5, 5.41) is 27.2. The quantitative estimate of drug-likeness (QED) is 0.344. The maximum Gasteiger partial charge on any atom is 0.229 e. The van der Waals surface area contributed by atoms with Crippen molar-refractivity contribution in [3.8, 4) is 17.9 Å². The number of hydrogen-bond donors (Lipinski definition) is 4. The van der Waals surface area contributed by atoms with E-state index in [4.69, 9.17) is 5.26 Å². The number of nitrogens with one attached hydrogen (secondary N) is 3. The van der Waals surface area contributed by atoms with Crippen LogP contribution in [0.4, 0.5) is 17.5 Å². The van der Waals surface area contributed by atoms with Gasteiger partial charge < -0.3 is 21.1 Å². The smallest absolute Gasteiger partial charge is 0.229 e. The highest BCUT2D eigenvalue weighted by Crippen LogP contribution is 2.17. The van der Waals surface area contributed by atoms with Gasteiger partial charge in [-0.2, -0.15) is 10.2 Å². The summed E-state index contributed by atoms with van der Waals surface area (Å²) in [5.74, 6) is 7.13. The molecule has 31 heavy (non-hydrogen) atoms. The molecular weight excluding hydrogens is 392 g/mol. The van der Waals surface area contributed by atoms with Gasteiger partial charge in [-0.1, -0.05) is 18.8 Å². The van der Waals surface area contributed by atoms with Gasteiger partial charge in [-0.05, 0) is 44.0 Å². The lowest BCUT2D eigenvalue weighted by Gasteiger charge is -2.10. The molecule has 2 rings (SSSR count). The van der Waals surface area contributed by atoms with E-state index in [0.29, 0.717) is 35.9 Å². The van der Waals surface area contributed by atoms with E-state index in [9.17, 15) is 9.90 Å². The predicted octanol–water partition coefficient (Wildman–Crippen LogP) is 2.93. The van der Waals surface area contributed by atoms with Crippen molar-refractivity contribution in [1.29, 1.82) is 5.26 Å². The number of aromatic nitrogens is 2. The summed E-state index contributed by atoms with van der Waals surface area (Å²) in [6, 6.07) is 9.14. The minimum absolute atomic E-state index is 0.109. The molecule has 1 aromatic heterocycles. The Morgan fingerprint density at radius 1 is 1.26 bits per heavy atom. The van der Waals surface area contributed by atoms with Gasteiger partial charge in [-0.3, -0.25) is 4.79 Å². The molecule has 0 fully saturated rings. The zero-order valence-electron chi connectivity index (χ0n) is 17.9. The molecule has 0 spiro atoms. The fraction of sp³-hybridized carbons (Fsp3) is 0.391. The number of nitriles is 1. The summed E-state index contributed by atoms with van der Waals surface area (Å²) in [4.78, 5) is 20.4. The minimum Gasteiger partial charge on any atom is -0.393 e. The summed E-state index contributed by atoms with van der Waals surface area (Å²) in [7, 11) is 0. The summed E-state index contributed by atoms with van der Waals surface area (Å²) in [5.41, 5.74) is 2.08. The molecule has 1 amide bonds. The third-order valence-electron chi connectivity index (χ3n) is 4.11. The minimum atomic E-state index is -0.636. The second-order valence-corrected chi connectivity index (χ2v) is 7.01. The van der Waals surface area contributed by atoms with Crippen molar-refractivity contribution in [1.82, 2.24) is 15.3 Å². The Labute approximate surface area is 183 Å². The maximum absolute atomic E-state index is 11.5. The Bertz CT molecular complexity index is 955. The first-order valence-electron chi connectivity index (χ1n) is 10.3. The fourth-order valence-corrected chi connectivity index (χ4v) is 2.57. The number of carbonyl (C=O) groups is 1. The van der Waals surface area contributed by atoms with Crippen LogP contribution in [0.5, 0.6) is 0 Å². The lowest BCUT2D eigenvalue weighted by atomic mass is 10.2. The largest absolute Gasteiger partial charge is 0.393 e. The first kappa shape index (κ1) is 23.7. The molecule has 0 saturated heterocycles. The van der Waals surface area contributed by atoms with Crippen LogP contribution in [-0.2, 0) is 4.79 Å². The summed E-state index contributed by atoms with van der Waals surface area (Å²) >= 11 is 0. The summed E-state index contributed by atoms with van der Waals surface area (Å²) < 4.78 is 0. The molecule has 0 unspecified atom stereocenters. The Morgan fingerprint density at radius 3 is 2.71 bits per heavy atom. The fourth-order valence-electron chi connectivity index (χ4n) is 2.57. The standard InChI is InChI=1S/C23H28N6O2/c1-3-12-26-22-19(7-5-4-6-13-25-21(31)14-17(2)30)16-27-23(29-22)28-20-10-8-18(15-24)9-11-20/h8-11,16-17,30H,3-4,6,12-14H2,1-2H3,(H,25,31)(H2,26,27,28,29)/t17-/m1/s1. The highest BCUT2D eigenvalue weighted by Gasteiger charge is 2.06. The zero-order chi connectivity index (χ0) is 22.5. The predicted molar refractivity (Wildman–Crippen MR) is 121 cm³/mol. The van der Waals surface area contributed by atoms with Crippen LogP contribution in [0, 0.1) is 23.2 Å². The highest BCUT2D eigenvalue weighted by molar-refractivity contribution is 5.76. The summed E-state index contributed by atoms with van der Waals surface area (Å²) in [6.45, 7) is 4.94. The Hall–Kier alpha value is -3.62. The van der Waals surface area contributed by atoms with Crippen LogP contribution < -0.4 is 16.0 Å². The zero-order valence-corrected chi connectivity index (χ0v) is 17.9. The molecular formula is C23H28N6O2. The van der Waals surface area contributed by atoms with Gasteiger partial charge in [0.15, 0.2) is 0 Å². The number of nitrogens with zero attached hydrogens (tertiary/aromatic N) is 3. The second kappa shape index (κ2) is 12.8. The second-order valence-electron chi connectivity index (χ2n) is 7.01. The maximum atomic E-state index is 11.5. The van der Waals surface area contributed by atoms with E-state index in [1.807, 2.05) is 0 Å².